The van der Waals surface area contributed by atoms with Crippen LogP contribution in [0.1, 0.15) is 37.8 Å². The van der Waals surface area contributed by atoms with Gasteiger partial charge in [-0.2, -0.15) is 5.10 Å². The standard InChI is InChI=1S/C18H22N2O2S2/c1-14-13-17(20(19-14)15-7-3-2-4-8-15)22-18(21)10-6-5-9-16-11-12-23-24-16/h2-4,7-8,13,16H,5-6,9-12H2,1H3. The Bertz CT molecular complexity index is 667. The number of benzene rings is 1. The molecule has 1 fully saturated rings. The molecule has 2 heterocycles. The lowest BCUT2D eigenvalue weighted by molar-refractivity contribution is -0.134. The summed E-state index contributed by atoms with van der Waals surface area (Å²) in [5.41, 5.74) is 1.72. The number of carbonyl (C=O) groups is 1. The third-order valence-electron chi connectivity index (χ3n) is 3.90. The summed E-state index contributed by atoms with van der Waals surface area (Å²) in [6.07, 6.45) is 4.94. The Balaban J connectivity index is 1.51. The maximum Gasteiger partial charge on any atom is 0.312 e. The summed E-state index contributed by atoms with van der Waals surface area (Å²) in [6, 6.07) is 11.5. The van der Waals surface area contributed by atoms with E-state index < -0.39 is 0 Å². The highest BCUT2D eigenvalue weighted by Gasteiger charge is 2.17. The zero-order chi connectivity index (χ0) is 16.8. The molecule has 0 radical (unpaired) electrons. The molecule has 2 aromatic rings. The van der Waals surface area contributed by atoms with E-state index in [1.807, 2.05) is 58.8 Å². The number of aromatic nitrogens is 2. The summed E-state index contributed by atoms with van der Waals surface area (Å²) in [5.74, 6) is 1.58. The van der Waals surface area contributed by atoms with Gasteiger partial charge >= 0.3 is 5.97 Å². The van der Waals surface area contributed by atoms with Gasteiger partial charge < -0.3 is 4.74 Å². The second-order valence-corrected chi connectivity index (χ2v) is 8.71. The van der Waals surface area contributed by atoms with Crippen molar-refractivity contribution in [1.29, 1.82) is 0 Å². The number of hydrogen-bond donors (Lipinski definition) is 0. The molecule has 3 rings (SSSR count). The van der Waals surface area contributed by atoms with Gasteiger partial charge in [-0.1, -0.05) is 46.2 Å². The fraction of sp³-hybridized carbons (Fsp3) is 0.444. The largest absolute Gasteiger partial charge is 0.407 e. The molecule has 6 heteroatoms. The van der Waals surface area contributed by atoms with Crippen molar-refractivity contribution < 1.29 is 9.53 Å². The quantitative estimate of drug-likeness (QED) is 0.402. The van der Waals surface area contributed by atoms with Crippen LogP contribution in [0.2, 0.25) is 0 Å². The first-order valence-corrected chi connectivity index (χ1v) is 10.7. The molecule has 1 aliphatic rings. The molecule has 24 heavy (non-hydrogen) atoms. The number of esters is 1. The van der Waals surface area contributed by atoms with Gasteiger partial charge in [0.25, 0.3) is 0 Å². The van der Waals surface area contributed by atoms with Crippen molar-refractivity contribution in [2.75, 3.05) is 5.75 Å². The van der Waals surface area contributed by atoms with E-state index in [0.717, 1.165) is 29.5 Å². The predicted octanol–water partition coefficient (Wildman–Crippen LogP) is 4.80. The van der Waals surface area contributed by atoms with E-state index in [1.54, 1.807) is 10.7 Å². The first-order valence-electron chi connectivity index (χ1n) is 8.33. The highest BCUT2D eigenvalue weighted by Crippen LogP contribution is 2.39. The lowest BCUT2D eigenvalue weighted by Crippen LogP contribution is -2.11. The molecule has 0 amide bonds. The summed E-state index contributed by atoms with van der Waals surface area (Å²) in [6.45, 7) is 1.90. The Hall–Kier alpha value is -1.40. The Labute approximate surface area is 150 Å². The number of hydrogen-bond acceptors (Lipinski definition) is 5. The summed E-state index contributed by atoms with van der Waals surface area (Å²) in [7, 11) is 3.96. The van der Waals surface area contributed by atoms with Gasteiger partial charge in [0.15, 0.2) is 0 Å². The molecule has 0 N–H and O–H groups in total. The van der Waals surface area contributed by atoms with E-state index in [2.05, 4.69) is 5.10 Å². The summed E-state index contributed by atoms with van der Waals surface area (Å²) >= 11 is 0. The van der Waals surface area contributed by atoms with E-state index in [1.165, 1.54) is 18.6 Å². The second kappa shape index (κ2) is 8.62. The topological polar surface area (TPSA) is 44.1 Å². The molecule has 1 aromatic carbocycles. The Morgan fingerprint density at radius 2 is 2.17 bits per heavy atom. The van der Waals surface area contributed by atoms with Crippen LogP contribution >= 0.6 is 21.6 Å². The Morgan fingerprint density at radius 1 is 1.33 bits per heavy atom. The monoisotopic (exact) mass is 362 g/mol. The van der Waals surface area contributed by atoms with Crippen LogP contribution in [0.3, 0.4) is 0 Å². The Kier molecular flexibility index (Phi) is 6.26. The van der Waals surface area contributed by atoms with Gasteiger partial charge in [-0.3, -0.25) is 4.79 Å². The van der Waals surface area contributed by atoms with Crippen molar-refractivity contribution in [2.45, 2.75) is 44.3 Å². The van der Waals surface area contributed by atoms with E-state index in [-0.39, 0.29) is 5.97 Å². The smallest absolute Gasteiger partial charge is 0.312 e. The molecule has 4 nitrogen and oxygen atoms in total. The minimum Gasteiger partial charge on any atom is -0.407 e. The number of carbonyl (C=O) groups excluding carboxylic acids is 1. The van der Waals surface area contributed by atoms with Crippen molar-refractivity contribution in [3.8, 4) is 11.6 Å². The zero-order valence-electron chi connectivity index (χ0n) is 13.8. The van der Waals surface area contributed by atoms with Crippen LogP contribution in [-0.4, -0.2) is 26.8 Å². The van der Waals surface area contributed by atoms with E-state index in [0.29, 0.717) is 12.3 Å². The molecule has 1 unspecified atom stereocenters. The lowest BCUT2D eigenvalue weighted by atomic mass is 10.1. The van der Waals surface area contributed by atoms with Crippen molar-refractivity contribution >= 4 is 27.6 Å². The molecule has 128 valence electrons. The first kappa shape index (κ1) is 17.4. The molecule has 0 saturated carbocycles. The normalized spacial score (nSPS) is 17.1. The maximum atomic E-state index is 12.1. The van der Waals surface area contributed by atoms with Gasteiger partial charge in [-0.25, -0.2) is 4.68 Å². The average Bonchev–Trinajstić information content (AvgIpc) is 3.22. The molecule has 0 spiro atoms. The molecule has 1 saturated heterocycles. The van der Waals surface area contributed by atoms with Crippen LogP contribution in [0.15, 0.2) is 36.4 Å². The first-order chi connectivity index (χ1) is 11.7. The average molecular weight is 363 g/mol. The van der Waals surface area contributed by atoms with Crippen LogP contribution in [-0.2, 0) is 4.79 Å². The van der Waals surface area contributed by atoms with Gasteiger partial charge in [0.05, 0.1) is 11.4 Å². The molecular formula is C18H22N2O2S2. The van der Waals surface area contributed by atoms with E-state index >= 15 is 0 Å². The van der Waals surface area contributed by atoms with Crippen molar-refractivity contribution in [3.63, 3.8) is 0 Å². The van der Waals surface area contributed by atoms with Crippen LogP contribution < -0.4 is 4.74 Å². The Morgan fingerprint density at radius 3 is 2.92 bits per heavy atom. The highest BCUT2D eigenvalue weighted by atomic mass is 33.1. The molecule has 0 bridgehead atoms. The third-order valence-corrected chi connectivity index (χ3v) is 6.91. The molecule has 1 atom stereocenters. The molecular weight excluding hydrogens is 340 g/mol. The number of aryl methyl sites for hydroxylation is 1. The minimum absolute atomic E-state index is 0.180. The summed E-state index contributed by atoms with van der Waals surface area (Å²) < 4.78 is 7.23. The fourth-order valence-corrected chi connectivity index (χ4v) is 5.70. The van der Waals surface area contributed by atoms with E-state index in [4.69, 9.17) is 4.74 Å². The number of rotatable bonds is 7. The summed E-state index contributed by atoms with van der Waals surface area (Å²) in [5, 5.41) is 5.19. The van der Waals surface area contributed by atoms with Crippen molar-refractivity contribution in [1.82, 2.24) is 9.78 Å². The number of para-hydroxylation sites is 1. The SMILES string of the molecule is Cc1cc(OC(=O)CCCCC2CCSS2)n(-c2ccccc2)n1. The molecule has 1 aromatic heterocycles. The van der Waals surface area contributed by atoms with Crippen LogP contribution in [0, 0.1) is 6.92 Å². The third kappa shape index (κ3) is 4.80. The number of nitrogens with zero attached hydrogens (tertiary/aromatic N) is 2. The fourth-order valence-electron chi connectivity index (χ4n) is 2.68. The van der Waals surface area contributed by atoms with Gasteiger partial charge in [-0.05, 0) is 38.3 Å². The molecule has 0 aliphatic carbocycles. The molecule has 1 aliphatic heterocycles. The van der Waals surface area contributed by atoms with Crippen LogP contribution in [0.25, 0.3) is 5.69 Å². The van der Waals surface area contributed by atoms with Gasteiger partial charge in [0.2, 0.25) is 5.88 Å². The van der Waals surface area contributed by atoms with Crippen molar-refractivity contribution in [3.05, 3.63) is 42.1 Å². The number of unbranched alkanes of at least 4 members (excludes halogenated alkanes) is 1. The number of ether oxygens (including phenoxy) is 1. The van der Waals surface area contributed by atoms with E-state index in [9.17, 15) is 4.79 Å². The predicted molar refractivity (Wildman–Crippen MR) is 101 cm³/mol. The second-order valence-electron chi connectivity index (χ2n) is 5.92. The maximum absolute atomic E-state index is 12.1. The highest BCUT2D eigenvalue weighted by molar-refractivity contribution is 8.77. The minimum atomic E-state index is -0.180. The van der Waals surface area contributed by atoms with Crippen molar-refractivity contribution in [2.24, 2.45) is 0 Å². The summed E-state index contributed by atoms with van der Waals surface area (Å²) in [4.78, 5) is 12.1. The zero-order valence-corrected chi connectivity index (χ0v) is 15.4. The van der Waals surface area contributed by atoms with Gasteiger partial charge in [-0.15, -0.1) is 0 Å². The lowest BCUT2D eigenvalue weighted by Gasteiger charge is -2.08. The van der Waals surface area contributed by atoms with Crippen LogP contribution in [0.5, 0.6) is 5.88 Å². The van der Waals surface area contributed by atoms with Gasteiger partial charge in [0.1, 0.15) is 0 Å². The van der Waals surface area contributed by atoms with Gasteiger partial charge in [0, 0.05) is 23.5 Å². The van der Waals surface area contributed by atoms with Crippen LogP contribution in [0.4, 0.5) is 0 Å².